The molecule has 1 N–H and O–H groups in total. The van der Waals surface area contributed by atoms with Gasteiger partial charge in [0.05, 0.1) is 10.6 Å². The molecular weight excluding hydrogens is 302 g/mol. The molecule has 2 aromatic rings. The number of nitro groups is 1. The molecule has 0 saturated heterocycles. The Morgan fingerprint density at radius 3 is 2.76 bits per heavy atom. The number of ether oxygens (including phenoxy) is 1. The number of aromatic carboxylic acids is 1. The lowest BCUT2D eigenvalue weighted by Crippen LogP contribution is -2.00. The summed E-state index contributed by atoms with van der Waals surface area (Å²) in [5.74, 6) is -1.24. The Labute approximate surface area is 123 Å². The molecule has 0 fully saturated rings. The highest BCUT2D eigenvalue weighted by Crippen LogP contribution is 2.32. The fourth-order valence-corrected chi connectivity index (χ4v) is 1.85. The molecule has 0 aliphatic rings. The van der Waals surface area contributed by atoms with Crippen LogP contribution in [0.4, 0.5) is 5.82 Å². The van der Waals surface area contributed by atoms with Crippen molar-refractivity contribution < 1.29 is 19.6 Å². The van der Waals surface area contributed by atoms with E-state index >= 15 is 0 Å². The standard InChI is InChI=1S/C12H10ClN3O5/c1-6-14-10(16(19)20)11(15(6)2)21-7-3-4-9(13)8(5-7)12(17)18/h3-5H,1-2H3,(H,17,18). The lowest BCUT2D eigenvalue weighted by molar-refractivity contribution is -0.390. The number of hydrogen-bond donors (Lipinski definition) is 1. The average Bonchev–Trinajstić information content (AvgIpc) is 2.69. The van der Waals surface area contributed by atoms with E-state index in [2.05, 4.69) is 4.98 Å². The van der Waals surface area contributed by atoms with Gasteiger partial charge in [0.25, 0.3) is 0 Å². The van der Waals surface area contributed by atoms with Crippen LogP contribution in [0.1, 0.15) is 16.2 Å². The van der Waals surface area contributed by atoms with Crippen LogP contribution in [0.3, 0.4) is 0 Å². The van der Waals surface area contributed by atoms with Gasteiger partial charge in [-0.2, -0.15) is 0 Å². The molecule has 0 atom stereocenters. The molecule has 0 aliphatic heterocycles. The summed E-state index contributed by atoms with van der Waals surface area (Å²) in [6.45, 7) is 1.59. The first-order chi connectivity index (χ1) is 9.81. The zero-order chi connectivity index (χ0) is 15.7. The van der Waals surface area contributed by atoms with Crippen LogP contribution in [-0.2, 0) is 7.05 Å². The number of carbonyl (C=O) groups is 1. The molecule has 9 heteroatoms. The first-order valence-electron chi connectivity index (χ1n) is 5.69. The van der Waals surface area contributed by atoms with Gasteiger partial charge in [0.15, 0.2) is 0 Å². The van der Waals surface area contributed by atoms with E-state index in [1.807, 2.05) is 0 Å². The van der Waals surface area contributed by atoms with Gasteiger partial charge < -0.3 is 20.0 Å². The van der Waals surface area contributed by atoms with Crippen molar-refractivity contribution in [3.8, 4) is 11.6 Å². The summed E-state index contributed by atoms with van der Waals surface area (Å²) in [5.41, 5.74) is -0.157. The summed E-state index contributed by atoms with van der Waals surface area (Å²) < 4.78 is 6.80. The number of nitrogens with zero attached hydrogens (tertiary/aromatic N) is 3. The Morgan fingerprint density at radius 1 is 1.52 bits per heavy atom. The van der Waals surface area contributed by atoms with Crippen LogP contribution in [0.2, 0.25) is 5.02 Å². The van der Waals surface area contributed by atoms with Crippen molar-refractivity contribution in [1.82, 2.24) is 9.55 Å². The first kappa shape index (κ1) is 14.8. The Bertz CT molecular complexity index is 741. The van der Waals surface area contributed by atoms with Gasteiger partial charge >= 0.3 is 17.7 Å². The van der Waals surface area contributed by atoms with Gasteiger partial charge in [-0.25, -0.2) is 4.79 Å². The quantitative estimate of drug-likeness (QED) is 0.687. The van der Waals surface area contributed by atoms with Crippen LogP contribution >= 0.6 is 11.6 Å². The van der Waals surface area contributed by atoms with Gasteiger partial charge in [-0.15, -0.1) is 0 Å². The molecule has 8 nitrogen and oxygen atoms in total. The molecule has 0 amide bonds. The molecule has 2 rings (SSSR count). The summed E-state index contributed by atoms with van der Waals surface area (Å²) in [6.07, 6.45) is 0. The number of benzene rings is 1. The van der Waals surface area contributed by atoms with Gasteiger partial charge in [-0.3, -0.25) is 4.57 Å². The topological polar surface area (TPSA) is 107 Å². The first-order valence-corrected chi connectivity index (χ1v) is 6.07. The molecular formula is C12H10ClN3O5. The predicted octanol–water partition coefficient (Wildman–Crippen LogP) is 2.78. The summed E-state index contributed by atoms with van der Waals surface area (Å²) >= 11 is 5.75. The maximum absolute atomic E-state index is 11.0. The molecule has 0 bridgehead atoms. The third-order valence-corrected chi connectivity index (χ3v) is 3.13. The van der Waals surface area contributed by atoms with Gasteiger partial charge in [0.1, 0.15) is 5.75 Å². The molecule has 0 aliphatic carbocycles. The lowest BCUT2D eigenvalue weighted by Gasteiger charge is -2.07. The number of carboxylic acids is 1. The smallest absolute Gasteiger partial charge is 0.427 e. The Morgan fingerprint density at radius 2 is 2.19 bits per heavy atom. The van der Waals surface area contributed by atoms with Crippen molar-refractivity contribution in [2.24, 2.45) is 7.05 Å². The van der Waals surface area contributed by atoms with Crippen molar-refractivity contribution in [3.05, 3.63) is 44.7 Å². The fraction of sp³-hybridized carbons (Fsp3) is 0.167. The highest BCUT2D eigenvalue weighted by molar-refractivity contribution is 6.33. The number of aromatic nitrogens is 2. The van der Waals surface area contributed by atoms with Crippen LogP contribution in [0.15, 0.2) is 18.2 Å². The molecule has 21 heavy (non-hydrogen) atoms. The van der Waals surface area contributed by atoms with E-state index in [4.69, 9.17) is 21.4 Å². The van der Waals surface area contributed by atoms with Crippen LogP contribution in [0.25, 0.3) is 0 Å². The summed E-state index contributed by atoms with van der Waals surface area (Å²) in [6, 6.07) is 3.95. The van der Waals surface area contributed by atoms with Gasteiger partial charge in [-0.05, 0) is 28.1 Å². The Kier molecular flexibility index (Phi) is 3.81. The second kappa shape index (κ2) is 5.41. The number of rotatable bonds is 4. The van der Waals surface area contributed by atoms with E-state index in [9.17, 15) is 14.9 Å². The number of hydrogen-bond acceptors (Lipinski definition) is 5. The number of imidazole rings is 1. The average molecular weight is 312 g/mol. The second-order valence-corrected chi connectivity index (χ2v) is 4.56. The predicted molar refractivity (Wildman–Crippen MR) is 73.1 cm³/mol. The van der Waals surface area contributed by atoms with E-state index in [1.165, 1.54) is 22.8 Å². The highest BCUT2D eigenvalue weighted by Gasteiger charge is 2.26. The molecule has 0 saturated carbocycles. The van der Waals surface area contributed by atoms with Crippen LogP contribution < -0.4 is 4.74 Å². The minimum atomic E-state index is -1.22. The van der Waals surface area contributed by atoms with Crippen molar-refractivity contribution in [3.63, 3.8) is 0 Å². The number of carboxylic acid groups (broad SMARTS) is 1. The minimum Gasteiger partial charge on any atom is -0.478 e. The van der Waals surface area contributed by atoms with E-state index in [1.54, 1.807) is 14.0 Å². The monoisotopic (exact) mass is 311 g/mol. The van der Waals surface area contributed by atoms with Crippen LogP contribution in [0.5, 0.6) is 11.6 Å². The Hall–Kier alpha value is -2.61. The molecule has 110 valence electrons. The van der Waals surface area contributed by atoms with Gasteiger partial charge in [0.2, 0.25) is 5.82 Å². The maximum Gasteiger partial charge on any atom is 0.427 e. The Balaban J connectivity index is 2.46. The molecule has 0 spiro atoms. The third-order valence-electron chi connectivity index (χ3n) is 2.80. The summed E-state index contributed by atoms with van der Waals surface area (Å²) in [5, 5.41) is 20.0. The minimum absolute atomic E-state index is 0.0468. The maximum atomic E-state index is 11.0. The zero-order valence-corrected chi connectivity index (χ0v) is 11.8. The molecule has 0 radical (unpaired) electrons. The second-order valence-electron chi connectivity index (χ2n) is 4.15. The van der Waals surface area contributed by atoms with E-state index < -0.39 is 16.7 Å². The molecule has 1 aromatic carbocycles. The van der Waals surface area contributed by atoms with Crippen LogP contribution in [-0.4, -0.2) is 25.6 Å². The van der Waals surface area contributed by atoms with Crippen molar-refractivity contribution >= 4 is 23.4 Å². The van der Waals surface area contributed by atoms with Crippen molar-refractivity contribution in [2.75, 3.05) is 0 Å². The van der Waals surface area contributed by atoms with Crippen LogP contribution in [0, 0.1) is 17.0 Å². The summed E-state index contributed by atoms with van der Waals surface area (Å²) in [4.78, 5) is 25.1. The molecule has 1 heterocycles. The fourth-order valence-electron chi connectivity index (χ4n) is 1.65. The summed E-state index contributed by atoms with van der Waals surface area (Å²) in [7, 11) is 1.55. The number of aryl methyl sites for hydroxylation is 1. The largest absolute Gasteiger partial charge is 0.478 e. The third kappa shape index (κ3) is 2.79. The zero-order valence-electron chi connectivity index (χ0n) is 11.0. The lowest BCUT2D eigenvalue weighted by atomic mass is 10.2. The van der Waals surface area contributed by atoms with E-state index in [-0.39, 0.29) is 22.2 Å². The normalized spacial score (nSPS) is 10.4. The van der Waals surface area contributed by atoms with Crippen molar-refractivity contribution in [2.45, 2.75) is 6.92 Å². The van der Waals surface area contributed by atoms with Gasteiger partial charge in [-0.1, -0.05) is 11.6 Å². The molecule has 0 unspecified atom stereocenters. The van der Waals surface area contributed by atoms with E-state index in [0.717, 1.165) is 0 Å². The number of halogens is 1. The van der Waals surface area contributed by atoms with E-state index in [0.29, 0.717) is 5.82 Å². The molecule has 1 aromatic heterocycles. The van der Waals surface area contributed by atoms with Crippen molar-refractivity contribution in [1.29, 1.82) is 0 Å². The van der Waals surface area contributed by atoms with Gasteiger partial charge in [0, 0.05) is 14.0 Å². The SMILES string of the molecule is Cc1nc([N+](=O)[O-])c(Oc2ccc(Cl)c(C(=O)O)c2)n1C. The highest BCUT2D eigenvalue weighted by atomic mass is 35.5.